The van der Waals surface area contributed by atoms with Crippen molar-refractivity contribution in [3.63, 3.8) is 0 Å². The van der Waals surface area contributed by atoms with Crippen LogP contribution in [0.5, 0.6) is 0 Å². The second-order valence-corrected chi connectivity index (χ2v) is 17.8. The maximum Gasteiger partial charge on any atom is 0.350 e. The molecule has 1 saturated carbocycles. The predicted octanol–water partition coefficient (Wildman–Crippen LogP) is 6.38. The number of ether oxygens (including phenoxy) is 2. The standard InChI is InChI=1S/C47H64N4O6/c1-6-49-39-23-33-14-9-8-13-32(33)22-35(39)28-56-44(55)47-43(54)41-34(21-30(2)3)15-12-16-38(41)42(53)46(47,57-47)26-36(27-52)31(4)25-45(18-10-7-11-19-45)37-17-20-50-40(24-37)51-29-48-5/h9,12,14-17,23-24,30,32,35,39,48-52H,6-8,10-11,13,18-22,25-29H2,1-5H3. The first kappa shape index (κ1) is 41.3. The van der Waals surface area contributed by atoms with E-state index in [1.807, 2.05) is 26.1 Å². The van der Waals surface area contributed by atoms with Crippen LogP contribution in [0.15, 0.2) is 76.7 Å². The molecule has 57 heavy (non-hydrogen) atoms. The molecule has 4 aliphatic carbocycles. The number of dihydropyridines is 1. The van der Waals surface area contributed by atoms with E-state index >= 15 is 0 Å². The van der Waals surface area contributed by atoms with Crippen LogP contribution in [0, 0.1) is 23.2 Å². The number of hydrogen-bond donors (Lipinski definition) is 5. The number of hydrogen-bond acceptors (Lipinski definition) is 10. The Morgan fingerprint density at radius 3 is 2.67 bits per heavy atom. The van der Waals surface area contributed by atoms with Gasteiger partial charge in [-0.15, -0.1) is 0 Å². The third-order valence-electron chi connectivity index (χ3n) is 13.5. The molecule has 0 aromatic heterocycles. The number of ketones is 2. The smallest absolute Gasteiger partial charge is 0.350 e. The number of likely N-dealkylation sites (N-methyl/N-ethyl adjacent to an activating group) is 1. The van der Waals surface area contributed by atoms with Crippen molar-refractivity contribution in [3.8, 4) is 0 Å². The molecular formula is C47H64N4O6. The van der Waals surface area contributed by atoms with Gasteiger partial charge in [0.25, 0.3) is 5.60 Å². The highest BCUT2D eigenvalue weighted by atomic mass is 16.7. The topological polar surface area (TPSA) is 141 Å². The number of epoxide rings is 1. The fraction of sp³-hybridized carbons (Fsp3) is 0.596. The van der Waals surface area contributed by atoms with Crippen molar-refractivity contribution in [1.29, 1.82) is 0 Å². The Morgan fingerprint density at radius 1 is 1.12 bits per heavy atom. The summed E-state index contributed by atoms with van der Waals surface area (Å²) in [5.41, 5.74) is 1.43. The second kappa shape index (κ2) is 17.2. The predicted molar refractivity (Wildman–Crippen MR) is 222 cm³/mol. The van der Waals surface area contributed by atoms with Crippen molar-refractivity contribution in [1.82, 2.24) is 21.3 Å². The molecule has 6 aliphatic rings. The van der Waals surface area contributed by atoms with Gasteiger partial charge in [-0.2, -0.15) is 0 Å². The zero-order chi connectivity index (χ0) is 40.4. The number of nitrogens with one attached hydrogen (secondary N) is 4. The Labute approximate surface area is 339 Å². The lowest BCUT2D eigenvalue weighted by molar-refractivity contribution is -0.150. The van der Waals surface area contributed by atoms with E-state index in [0.717, 1.165) is 75.0 Å². The molecule has 2 heterocycles. The van der Waals surface area contributed by atoms with E-state index in [9.17, 15) is 19.5 Å². The van der Waals surface area contributed by atoms with Crippen LogP contribution < -0.4 is 21.3 Å². The van der Waals surface area contributed by atoms with E-state index in [2.05, 4.69) is 72.4 Å². The molecule has 5 atom stereocenters. The Hall–Kier alpha value is -3.83. The number of Topliss-reactive ketones (excluding diaryl/α,β-unsaturated/α-hetero) is 2. The first-order valence-corrected chi connectivity index (χ1v) is 21.6. The highest BCUT2D eigenvalue weighted by Gasteiger charge is 2.85. The molecule has 0 spiro atoms. The quantitative estimate of drug-likeness (QED) is 0.0422. The molecule has 5 N–H and O–H groups in total. The fourth-order valence-electron chi connectivity index (χ4n) is 10.6. The summed E-state index contributed by atoms with van der Waals surface area (Å²) in [5, 5.41) is 24.6. The Balaban J connectivity index is 1.22. The van der Waals surface area contributed by atoms with Gasteiger partial charge >= 0.3 is 5.97 Å². The number of aliphatic hydroxyl groups excluding tert-OH is 1. The Kier molecular flexibility index (Phi) is 12.5. The van der Waals surface area contributed by atoms with Gasteiger partial charge in [-0.05, 0) is 111 Å². The molecule has 308 valence electrons. The zero-order valence-electron chi connectivity index (χ0n) is 34.7. The molecule has 2 fully saturated rings. The summed E-state index contributed by atoms with van der Waals surface area (Å²) in [7, 11) is 1.91. The van der Waals surface area contributed by atoms with Crippen LogP contribution in [0.2, 0.25) is 0 Å². The number of rotatable bonds is 16. The molecule has 7 rings (SSSR count). The van der Waals surface area contributed by atoms with E-state index in [1.165, 1.54) is 17.6 Å². The number of fused-ring (bicyclic) bond motifs is 3. The lowest BCUT2D eigenvalue weighted by atomic mass is 9.64. The van der Waals surface area contributed by atoms with Crippen molar-refractivity contribution in [2.24, 2.45) is 23.2 Å². The average Bonchev–Trinajstić information content (AvgIpc) is 3.92. The molecule has 1 aromatic rings. The van der Waals surface area contributed by atoms with E-state index in [1.54, 1.807) is 6.07 Å². The maximum absolute atomic E-state index is 15.0. The minimum absolute atomic E-state index is 0.00556. The molecule has 1 aromatic carbocycles. The van der Waals surface area contributed by atoms with Crippen LogP contribution in [0.3, 0.4) is 0 Å². The van der Waals surface area contributed by atoms with Gasteiger partial charge in [0.05, 0.1) is 19.9 Å². The summed E-state index contributed by atoms with van der Waals surface area (Å²) in [5.74, 6) is -0.102. The normalized spacial score (nSPS) is 29.2. The van der Waals surface area contributed by atoms with Gasteiger partial charge in [-0.1, -0.05) is 88.1 Å². The van der Waals surface area contributed by atoms with Crippen LogP contribution in [0.4, 0.5) is 0 Å². The molecule has 0 radical (unpaired) electrons. The van der Waals surface area contributed by atoms with E-state index in [-0.39, 0.29) is 59.8 Å². The average molecular weight is 781 g/mol. The van der Waals surface area contributed by atoms with Crippen LogP contribution in [-0.4, -0.2) is 79.9 Å². The summed E-state index contributed by atoms with van der Waals surface area (Å²) in [6.45, 7) is 10.1. The zero-order valence-corrected chi connectivity index (χ0v) is 34.7. The summed E-state index contributed by atoms with van der Waals surface area (Å²) < 4.78 is 12.6. The first-order chi connectivity index (χ1) is 27.5. The number of aliphatic hydroxyl groups is 1. The fourth-order valence-corrected chi connectivity index (χ4v) is 10.6. The van der Waals surface area contributed by atoms with Crippen LogP contribution >= 0.6 is 0 Å². The van der Waals surface area contributed by atoms with Gasteiger partial charge in [0.15, 0.2) is 11.4 Å². The van der Waals surface area contributed by atoms with Gasteiger partial charge in [-0.3, -0.25) is 9.59 Å². The van der Waals surface area contributed by atoms with E-state index in [4.69, 9.17) is 9.47 Å². The molecule has 0 amide bonds. The minimum Gasteiger partial charge on any atom is -0.463 e. The lowest BCUT2D eigenvalue weighted by Crippen LogP contribution is -2.52. The van der Waals surface area contributed by atoms with Crippen molar-refractivity contribution >= 4 is 17.5 Å². The van der Waals surface area contributed by atoms with Gasteiger partial charge in [0.1, 0.15) is 5.82 Å². The number of esters is 1. The summed E-state index contributed by atoms with van der Waals surface area (Å²) in [6.07, 6.45) is 20.7. The number of benzene rings is 1. The molecule has 5 unspecified atom stereocenters. The van der Waals surface area contributed by atoms with Gasteiger partial charge in [-0.25, -0.2) is 4.79 Å². The highest BCUT2D eigenvalue weighted by Crippen LogP contribution is 2.60. The largest absolute Gasteiger partial charge is 0.463 e. The Bertz CT molecular complexity index is 1880. The van der Waals surface area contributed by atoms with Crippen molar-refractivity contribution in [3.05, 3.63) is 93.4 Å². The number of carbonyl (C=O) groups is 3. The summed E-state index contributed by atoms with van der Waals surface area (Å²) >= 11 is 0. The SMILES string of the molecule is CCNC1C=C2C=CCCC2CC1COC(=O)C12OC1(CC(CO)=C(C)CC1(C3=CCNC(NCNC)=C3)CCCCC1)C(=O)c1cccc(CC(C)C)c1C2=O. The van der Waals surface area contributed by atoms with Crippen LogP contribution in [0.1, 0.15) is 118 Å². The number of carbonyl (C=O) groups excluding carboxylic acids is 3. The lowest BCUT2D eigenvalue weighted by Gasteiger charge is -2.41. The molecular weight excluding hydrogens is 717 g/mol. The van der Waals surface area contributed by atoms with Gasteiger partial charge in [0.2, 0.25) is 5.78 Å². The maximum atomic E-state index is 15.0. The highest BCUT2D eigenvalue weighted by molar-refractivity contribution is 6.33. The molecule has 0 bridgehead atoms. The minimum atomic E-state index is -2.11. The molecule has 10 heteroatoms. The van der Waals surface area contributed by atoms with Crippen molar-refractivity contribution < 1.29 is 29.0 Å². The number of allylic oxidation sites excluding steroid dienone is 6. The van der Waals surface area contributed by atoms with Crippen molar-refractivity contribution in [2.45, 2.75) is 116 Å². The molecule has 2 aliphatic heterocycles. The monoisotopic (exact) mass is 780 g/mol. The van der Waals surface area contributed by atoms with Crippen LogP contribution in [0.25, 0.3) is 0 Å². The molecule has 10 nitrogen and oxygen atoms in total. The van der Waals surface area contributed by atoms with E-state index < -0.39 is 23.0 Å². The van der Waals surface area contributed by atoms with Gasteiger partial charge in [0, 0.05) is 36.1 Å². The summed E-state index contributed by atoms with van der Waals surface area (Å²) in [4.78, 5) is 44.6. The van der Waals surface area contributed by atoms with Crippen LogP contribution in [-0.2, 0) is 20.7 Å². The third-order valence-corrected chi connectivity index (χ3v) is 13.5. The van der Waals surface area contributed by atoms with Crippen molar-refractivity contribution in [2.75, 3.05) is 40.0 Å². The third kappa shape index (κ3) is 7.75. The first-order valence-electron chi connectivity index (χ1n) is 21.6. The Morgan fingerprint density at radius 2 is 1.93 bits per heavy atom. The van der Waals surface area contributed by atoms with E-state index in [0.29, 0.717) is 31.0 Å². The second-order valence-electron chi connectivity index (χ2n) is 17.8. The molecule has 1 saturated heterocycles. The van der Waals surface area contributed by atoms with Gasteiger partial charge < -0.3 is 35.8 Å². The summed E-state index contributed by atoms with van der Waals surface area (Å²) in [6, 6.07) is 5.39.